The van der Waals surface area contributed by atoms with Crippen molar-refractivity contribution in [3.8, 4) is 5.75 Å². The number of hydrogen-bond acceptors (Lipinski definition) is 5. The van der Waals surface area contributed by atoms with Gasteiger partial charge in [-0.05, 0) is 86.5 Å². The van der Waals surface area contributed by atoms with E-state index in [4.69, 9.17) is 9.47 Å². The first-order valence-corrected chi connectivity index (χ1v) is 11.5. The minimum Gasteiger partial charge on any atom is -0.492 e. The molecule has 1 N–H and O–H groups in total. The lowest BCUT2D eigenvalue weighted by atomic mass is 9.87. The average Bonchev–Trinajstić information content (AvgIpc) is 3.59. The van der Waals surface area contributed by atoms with Crippen LogP contribution in [0.3, 0.4) is 0 Å². The van der Waals surface area contributed by atoms with Gasteiger partial charge in [-0.15, -0.1) is 0 Å². The van der Waals surface area contributed by atoms with E-state index in [-0.39, 0.29) is 29.8 Å². The summed E-state index contributed by atoms with van der Waals surface area (Å²) in [5.74, 6) is -0.0306. The summed E-state index contributed by atoms with van der Waals surface area (Å²) in [6.07, 6.45) is 4.36. The van der Waals surface area contributed by atoms with E-state index in [1.807, 2.05) is 19.1 Å². The van der Waals surface area contributed by atoms with E-state index in [1.54, 1.807) is 24.3 Å². The summed E-state index contributed by atoms with van der Waals surface area (Å²) in [5.41, 5.74) is 1.73. The number of amides is 1. The van der Waals surface area contributed by atoms with Crippen LogP contribution in [0.4, 0.5) is 4.39 Å². The van der Waals surface area contributed by atoms with Gasteiger partial charge in [0.05, 0.1) is 24.8 Å². The molecule has 2 aromatic carbocycles. The number of piperidine rings is 1. The van der Waals surface area contributed by atoms with Gasteiger partial charge in [0.25, 0.3) is 0 Å². The van der Waals surface area contributed by atoms with Crippen LogP contribution in [0.15, 0.2) is 48.5 Å². The maximum Gasteiger partial charge on any atom is 0.337 e. The lowest BCUT2D eigenvalue weighted by Gasteiger charge is -2.39. The normalized spacial score (nSPS) is 20.2. The minimum atomic E-state index is -0.381. The Morgan fingerprint density at radius 3 is 2.45 bits per heavy atom. The molecule has 4 rings (SSSR count). The molecule has 1 aliphatic heterocycles. The van der Waals surface area contributed by atoms with Crippen LogP contribution in [0.1, 0.15) is 54.6 Å². The number of nitrogens with zero attached hydrogens (tertiary/aromatic N) is 1. The number of ether oxygens (including phenoxy) is 2. The maximum absolute atomic E-state index is 13.3. The van der Waals surface area contributed by atoms with Crippen LogP contribution in [-0.4, -0.2) is 49.6 Å². The molecule has 2 aromatic rings. The summed E-state index contributed by atoms with van der Waals surface area (Å²) < 4.78 is 23.6. The third kappa shape index (κ3) is 5.71. The number of nitrogens with one attached hydrogen (secondary N) is 1. The minimum absolute atomic E-state index is 0.0206. The predicted octanol–water partition coefficient (Wildman–Crippen LogP) is 4.11. The van der Waals surface area contributed by atoms with Gasteiger partial charge in [0, 0.05) is 6.54 Å². The van der Waals surface area contributed by atoms with Gasteiger partial charge in [-0.2, -0.15) is 0 Å². The first kappa shape index (κ1) is 23.2. The lowest BCUT2D eigenvalue weighted by molar-refractivity contribution is -0.129. The fourth-order valence-corrected chi connectivity index (χ4v) is 4.57. The molecule has 1 spiro atoms. The van der Waals surface area contributed by atoms with E-state index in [1.165, 1.54) is 32.1 Å². The first-order valence-electron chi connectivity index (χ1n) is 11.5. The average molecular weight is 455 g/mol. The van der Waals surface area contributed by atoms with Gasteiger partial charge >= 0.3 is 5.97 Å². The van der Waals surface area contributed by atoms with Crippen LogP contribution in [-0.2, 0) is 9.53 Å². The van der Waals surface area contributed by atoms with E-state index < -0.39 is 0 Å². The van der Waals surface area contributed by atoms with Crippen LogP contribution in [0, 0.1) is 11.2 Å². The molecule has 1 heterocycles. The maximum atomic E-state index is 13.3. The predicted molar refractivity (Wildman–Crippen MR) is 122 cm³/mol. The number of esters is 1. The van der Waals surface area contributed by atoms with Crippen LogP contribution in [0.2, 0.25) is 0 Å². The topological polar surface area (TPSA) is 67.9 Å². The highest BCUT2D eigenvalue weighted by molar-refractivity contribution is 5.89. The van der Waals surface area contributed by atoms with Crippen molar-refractivity contribution in [1.82, 2.24) is 10.2 Å². The Morgan fingerprint density at radius 2 is 1.82 bits per heavy atom. The molecule has 1 saturated carbocycles. The fourth-order valence-electron chi connectivity index (χ4n) is 4.57. The van der Waals surface area contributed by atoms with E-state index in [0.717, 1.165) is 24.9 Å². The summed E-state index contributed by atoms with van der Waals surface area (Å²) in [7, 11) is 1.35. The summed E-state index contributed by atoms with van der Waals surface area (Å²) in [4.78, 5) is 27.1. The largest absolute Gasteiger partial charge is 0.492 e. The zero-order valence-electron chi connectivity index (χ0n) is 19.2. The molecule has 0 bridgehead atoms. The molecule has 2 aliphatic rings. The number of hydrogen-bond donors (Lipinski definition) is 1. The lowest BCUT2D eigenvalue weighted by Crippen LogP contribution is -2.53. The van der Waals surface area contributed by atoms with Crippen LogP contribution in [0.25, 0.3) is 0 Å². The molecule has 0 radical (unpaired) electrons. The van der Waals surface area contributed by atoms with Crippen LogP contribution < -0.4 is 10.1 Å². The summed E-state index contributed by atoms with van der Waals surface area (Å²) >= 11 is 0. The molecular formula is C26H31FN2O4. The number of carbonyl (C=O) groups is 2. The van der Waals surface area contributed by atoms with Crippen molar-refractivity contribution in [2.45, 2.75) is 44.7 Å². The Kier molecular flexibility index (Phi) is 6.98. The Bertz CT molecular complexity index is 973. The molecule has 1 saturated heterocycles. The monoisotopic (exact) mass is 454 g/mol. The number of methoxy groups -OCH3 is 1. The molecule has 0 aromatic heterocycles. The van der Waals surface area contributed by atoms with E-state index >= 15 is 0 Å². The number of rotatable bonds is 8. The fraction of sp³-hybridized carbons (Fsp3) is 0.462. The second-order valence-corrected chi connectivity index (χ2v) is 9.15. The Morgan fingerprint density at radius 1 is 1.12 bits per heavy atom. The zero-order chi connectivity index (χ0) is 23.4. The quantitative estimate of drug-likeness (QED) is 0.608. The molecule has 176 valence electrons. The van der Waals surface area contributed by atoms with Crippen molar-refractivity contribution in [1.29, 1.82) is 0 Å². The second-order valence-electron chi connectivity index (χ2n) is 9.15. The zero-order valence-corrected chi connectivity index (χ0v) is 19.2. The van der Waals surface area contributed by atoms with Crippen LogP contribution >= 0.6 is 0 Å². The Labute approximate surface area is 194 Å². The third-order valence-electron chi connectivity index (χ3n) is 6.91. The number of halogens is 1. The van der Waals surface area contributed by atoms with Crippen molar-refractivity contribution in [2.24, 2.45) is 5.41 Å². The number of carbonyl (C=O) groups excluding carboxylic acids is 2. The van der Waals surface area contributed by atoms with Gasteiger partial charge in [-0.3, -0.25) is 9.69 Å². The van der Waals surface area contributed by atoms with Crippen LogP contribution in [0.5, 0.6) is 5.75 Å². The number of benzene rings is 2. The molecule has 0 unspecified atom stereocenters. The van der Waals surface area contributed by atoms with Gasteiger partial charge in [0.2, 0.25) is 5.91 Å². The van der Waals surface area contributed by atoms with Gasteiger partial charge < -0.3 is 14.8 Å². The highest BCUT2D eigenvalue weighted by Crippen LogP contribution is 2.55. The van der Waals surface area contributed by atoms with Gasteiger partial charge in [-0.1, -0.05) is 12.1 Å². The van der Waals surface area contributed by atoms with E-state index in [2.05, 4.69) is 10.2 Å². The van der Waals surface area contributed by atoms with Gasteiger partial charge in [0.15, 0.2) is 0 Å². The molecular weight excluding hydrogens is 423 g/mol. The summed E-state index contributed by atoms with van der Waals surface area (Å²) in [6, 6.07) is 12.7. The van der Waals surface area contributed by atoms with Crippen molar-refractivity contribution in [3.63, 3.8) is 0 Å². The smallest absolute Gasteiger partial charge is 0.337 e. The molecule has 2 atom stereocenters. The Balaban J connectivity index is 1.36. The molecule has 6 nitrogen and oxygen atoms in total. The van der Waals surface area contributed by atoms with Crippen molar-refractivity contribution >= 4 is 11.9 Å². The van der Waals surface area contributed by atoms with Crippen molar-refractivity contribution in [3.05, 3.63) is 65.5 Å². The van der Waals surface area contributed by atoms with Gasteiger partial charge in [0.1, 0.15) is 18.2 Å². The highest BCUT2D eigenvalue weighted by Gasteiger charge is 2.49. The third-order valence-corrected chi connectivity index (χ3v) is 6.91. The van der Waals surface area contributed by atoms with Crippen molar-refractivity contribution < 1.29 is 23.5 Å². The Hall–Kier alpha value is -2.93. The second kappa shape index (κ2) is 9.91. The summed E-state index contributed by atoms with van der Waals surface area (Å²) in [5, 5.41) is 3.16. The molecule has 33 heavy (non-hydrogen) atoms. The summed E-state index contributed by atoms with van der Waals surface area (Å²) in [6.45, 7) is 3.89. The number of likely N-dealkylation sites (tertiary alicyclic amines) is 1. The standard InChI is InChI=1S/C26H31FN2O4/c1-18(19-3-5-20(6-4-19)25(31)32-2)28-24(30)23-17-26(11-12-26)13-14-29(23)15-16-33-22-9-7-21(27)8-10-22/h3-10,18,23H,11-17H2,1-2H3,(H,28,30)/t18-,23+/m0/s1. The van der Waals surface area contributed by atoms with E-state index in [9.17, 15) is 14.0 Å². The van der Waals surface area contributed by atoms with E-state index in [0.29, 0.717) is 29.9 Å². The molecule has 7 heteroatoms. The SMILES string of the molecule is COC(=O)c1ccc([C@H](C)NC(=O)[C@H]2CC3(CCN2CCOc2ccc(F)cc2)CC3)cc1. The first-order chi connectivity index (χ1) is 15.9. The van der Waals surface area contributed by atoms with Gasteiger partial charge in [-0.25, -0.2) is 9.18 Å². The molecule has 2 fully saturated rings. The molecule has 1 amide bonds. The van der Waals surface area contributed by atoms with Crippen molar-refractivity contribution in [2.75, 3.05) is 26.8 Å². The molecule has 1 aliphatic carbocycles. The highest BCUT2D eigenvalue weighted by atomic mass is 19.1.